The van der Waals surface area contributed by atoms with E-state index in [0.29, 0.717) is 11.1 Å². The standard InChI is InChI=1S/C12H12ClN3O4S/c1-7-8(6-17)4-9(13)5-10(7)21(19,20)16-11-2-3-12(18)15-14-11/h2-5,17H,6H2,1H3,(H,14,16)(H,15,18). The third-order valence-corrected chi connectivity index (χ3v) is 4.51. The van der Waals surface area contributed by atoms with Gasteiger partial charge in [-0.25, -0.2) is 13.5 Å². The van der Waals surface area contributed by atoms with Gasteiger partial charge in [0.2, 0.25) is 0 Å². The maximum Gasteiger partial charge on any atom is 0.264 e. The zero-order valence-corrected chi connectivity index (χ0v) is 12.5. The van der Waals surface area contributed by atoms with Gasteiger partial charge in [0, 0.05) is 11.1 Å². The normalized spacial score (nSPS) is 11.4. The predicted octanol–water partition coefficient (Wildman–Crippen LogP) is 1.02. The first-order valence-electron chi connectivity index (χ1n) is 5.82. The lowest BCUT2D eigenvalue weighted by atomic mass is 10.1. The minimum Gasteiger partial charge on any atom is -0.392 e. The lowest BCUT2D eigenvalue weighted by Crippen LogP contribution is -2.18. The molecule has 1 aromatic carbocycles. The van der Waals surface area contributed by atoms with E-state index in [-0.39, 0.29) is 22.3 Å². The number of benzene rings is 1. The van der Waals surface area contributed by atoms with Crippen molar-refractivity contribution in [3.8, 4) is 0 Å². The average molecular weight is 330 g/mol. The van der Waals surface area contributed by atoms with Crippen molar-refractivity contribution in [2.24, 2.45) is 0 Å². The summed E-state index contributed by atoms with van der Waals surface area (Å²) in [4.78, 5) is 10.8. The predicted molar refractivity (Wildman–Crippen MR) is 77.8 cm³/mol. The van der Waals surface area contributed by atoms with Gasteiger partial charge in [-0.15, -0.1) is 0 Å². The van der Waals surface area contributed by atoms with Gasteiger partial charge in [-0.3, -0.25) is 9.52 Å². The molecule has 2 rings (SSSR count). The van der Waals surface area contributed by atoms with Crippen LogP contribution in [0.25, 0.3) is 0 Å². The molecule has 0 spiro atoms. The van der Waals surface area contributed by atoms with E-state index in [2.05, 4.69) is 14.9 Å². The maximum atomic E-state index is 12.3. The van der Waals surface area contributed by atoms with Crippen LogP contribution >= 0.6 is 11.6 Å². The van der Waals surface area contributed by atoms with E-state index in [0.717, 1.165) is 6.07 Å². The number of nitrogens with one attached hydrogen (secondary N) is 2. The van der Waals surface area contributed by atoms with Crippen LogP contribution in [0, 0.1) is 6.92 Å². The number of halogens is 1. The number of aliphatic hydroxyl groups is 1. The highest BCUT2D eigenvalue weighted by Crippen LogP contribution is 2.25. The highest BCUT2D eigenvalue weighted by atomic mass is 35.5. The second-order valence-electron chi connectivity index (χ2n) is 4.26. The Morgan fingerprint density at radius 3 is 2.67 bits per heavy atom. The zero-order chi connectivity index (χ0) is 15.6. The van der Waals surface area contributed by atoms with Crippen molar-refractivity contribution in [3.63, 3.8) is 0 Å². The zero-order valence-electron chi connectivity index (χ0n) is 10.9. The van der Waals surface area contributed by atoms with Crippen LogP contribution in [0.4, 0.5) is 5.82 Å². The van der Waals surface area contributed by atoms with E-state index in [1.165, 1.54) is 18.2 Å². The van der Waals surface area contributed by atoms with Gasteiger partial charge in [0.15, 0.2) is 5.82 Å². The Balaban J connectivity index is 2.47. The first kappa shape index (κ1) is 15.5. The monoisotopic (exact) mass is 329 g/mol. The van der Waals surface area contributed by atoms with Crippen LogP contribution in [-0.2, 0) is 16.6 Å². The lowest BCUT2D eigenvalue weighted by molar-refractivity contribution is 0.280. The molecule has 0 atom stereocenters. The summed E-state index contributed by atoms with van der Waals surface area (Å²) >= 11 is 5.86. The SMILES string of the molecule is Cc1c(CO)cc(Cl)cc1S(=O)(=O)Nc1ccc(=O)[nH]n1. The third kappa shape index (κ3) is 3.41. The molecule has 0 aliphatic carbocycles. The van der Waals surface area contributed by atoms with Crippen LogP contribution < -0.4 is 10.3 Å². The number of nitrogens with zero attached hydrogens (tertiary/aromatic N) is 1. The smallest absolute Gasteiger partial charge is 0.264 e. The second kappa shape index (κ2) is 5.84. The first-order chi connectivity index (χ1) is 9.83. The van der Waals surface area contributed by atoms with Crippen molar-refractivity contribution < 1.29 is 13.5 Å². The number of sulfonamides is 1. The van der Waals surface area contributed by atoms with Gasteiger partial charge >= 0.3 is 0 Å². The van der Waals surface area contributed by atoms with Crippen molar-refractivity contribution in [1.29, 1.82) is 0 Å². The molecular formula is C12H12ClN3O4S. The van der Waals surface area contributed by atoms with Gasteiger partial charge in [-0.05, 0) is 36.2 Å². The van der Waals surface area contributed by atoms with E-state index in [9.17, 15) is 18.3 Å². The molecule has 0 bridgehead atoms. The molecule has 1 aromatic heterocycles. The first-order valence-corrected chi connectivity index (χ1v) is 7.68. The van der Waals surface area contributed by atoms with Gasteiger partial charge in [0.1, 0.15) is 0 Å². The van der Waals surface area contributed by atoms with E-state index < -0.39 is 15.6 Å². The minimum atomic E-state index is -3.94. The van der Waals surface area contributed by atoms with Crippen LogP contribution in [0.15, 0.2) is 34.0 Å². The molecule has 3 N–H and O–H groups in total. The Bertz CT molecular complexity index is 812. The van der Waals surface area contributed by atoms with Gasteiger partial charge in [0.25, 0.3) is 15.6 Å². The summed E-state index contributed by atoms with van der Waals surface area (Å²) in [6.07, 6.45) is 0. The van der Waals surface area contributed by atoms with Crippen molar-refractivity contribution in [3.05, 3.63) is 50.8 Å². The molecule has 0 radical (unpaired) electrons. The number of anilines is 1. The van der Waals surface area contributed by atoms with Gasteiger partial charge in [-0.1, -0.05) is 11.6 Å². The van der Waals surface area contributed by atoms with Gasteiger partial charge < -0.3 is 5.11 Å². The molecule has 9 heteroatoms. The Kier molecular flexibility index (Phi) is 4.31. The molecule has 0 saturated heterocycles. The Morgan fingerprint density at radius 2 is 2.10 bits per heavy atom. The van der Waals surface area contributed by atoms with Crippen LogP contribution in [0.1, 0.15) is 11.1 Å². The van der Waals surface area contributed by atoms with Crippen LogP contribution in [0.2, 0.25) is 5.02 Å². The fraction of sp³-hybridized carbons (Fsp3) is 0.167. The Hall–Kier alpha value is -1.90. The molecule has 2 aromatic rings. The largest absolute Gasteiger partial charge is 0.392 e. The number of aromatic nitrogens is 2. The molecule has 21 heavy (non-hydrogen) atoms. The fourth-order valence-corrected chi connectivity index (χ4v) is 3.37. The highest BCUT2D eigenvalue weighted by Gasteiger charge is 2.20. The molecule has 0 aliphatic heterocycles. The number of H-pyrrole nitrogens is 1. The van der Waals surface area contributed by atoms with Crippen molar-refractivity contribution in [2.75, 3.05) is 4.72 Å². The van der Waals surface area contributed by atoms with E-state index >= 15 is 0 Å². The lowest BCUT2D eigenvalue weighted by Gasteiger charge is -2.12. The molecular weight excluding hydrogens is 318 g/mol. The number of aromatic amines is 1. The molecule has 0 amide bonds. The van der Waals surface area contributed by atoms with Crippen LogP contribution in [0.5, 0.6) is 0 Å². The van der Waals surface area contributed by atoms with Crippen molar-refractivity contribution >= 4 is 27.4 Å². The number of hydrogen-bond acceptors (Lipinski definition) is 5. The summed E-state index contributed by atoms with van der Waals surface area (Å²) in [6.45, 7) is 1.24. The number of rotatable bonds is 4. The minimum absolute atomic E-state index is 0.0282. The number of hydrogen-bond donors (Lipinski definition) is 3. The molecule has 0 saturated carbocycles. The molecule has 0 unspecified atom stereocenters. The van der Waals surface area contributed by atoms with E-state index in [1.807, 2.05) is 0 Å². The molecule has 1 heterocycles. The van der Waals surface area contributed by atoms with Crippen LogP contribution in [-0.4, -0.2) is 23.7 Å². The summed E-state index contributed by atoms with van der Waals surface area (Å²) < 4.78 is 26.9. The fourth-order valence-electron chi connectivity index (χ4n) is 1.75. The van der Waals surface area contributed by atoms with Gasteiger partial charge in [0.05, 0.1) is 11.5 Å². The summed E-state index contributed by atoms with van der Waals surface area (Å²) in [5.74, 6) is -0.0282. The van der Waals surface area contributed by atoms with Crippen LogP contribution in [0.3, 0.4) is 0 Å². The topological polar surface area (TPSA) is 112 Å². The average Bonchev–Trinajstić information content (AvgIpc) is 2.43. The van der Waals surface area contributed by atoms with Gasteiger partial charge in [-0.2, -0.15) is 5.10 Å². The second-order valence-corrected chi connectivity index (χ2v) is 6.35. The number of aliphatic hydroxyl groups excluding tert-OH is 1. The maximum absolute atomic E-state index is 12.3. The third-order valence-electron chi connectivity index (χ3n) is 2.81. The summed E-state index contributed by atoms with van der Waals surface area (Å²) in [6, 6.07) is 5.16. The molecule has 0 aliphatic rings. The van der Waals surface area contributed by atoms with E-state index in [4.69, 9.17) is 11.6 Å². The summed E-state index contributed by atoms with van der Waals surface area (Å²) in [7, 11) is -3.94. The molecule has 7 nitrogen and oxygen atoms in total. The highest BCUT2D eigenvalue weighted by molar-refractivity contribution is 7.92. The molecule has 112 valence electrons. The van der Waals surface area contributed by atoms with Crippen molar-refractivity contribution in [1.82, 2.24) is 10.2 Å². The summed E-state index contributed by atoms with van der Waals surface area (Å²) in [5, 5.41) is 15.1. The Labute approximate surface area is 125 Å². The Morgan fingerprint density at radius 1 is 1.38 bits per heavy atom. The summed E-state index contributed by atoms with van der Waals surface area (Å²) in [5.41, 5.74) is 0.357. The molecule has 0 fully saturated rings. The van der Waals surface area contributed by atoms with E-state index in [1.54, 1.807) is 6.92 Å². The quantitative estimate of drug-likeness (QED) is 0.775. The van der Waals surface area contributed by atoms with Crippen molar-refractivity contribution in [2.45, 2.75) is 18.4 Å².